The number of hydrogen-bond acceptors (Lipinski definition) is 4. The van der Waals surface area contributed by atoms with Gasteiger partial charge in [-0.1, -0.05) is 60.7 Å². The minimum absolute atomic E-state index is 0.0752. The van der Waals surface area contributed by atoms with Crippen molar-refractivity contribution in [3.63, 3.8) is 0 Å². The van der Waals surface area contributed by atoms with Gasteiger partial charge < -0.3 is 15.2 Å². The molecule has 28 heavy (non-hydrogen) atoms. The summed E-state index contributed by atoms with van der Waals surface area (Å²) in [5.74, 6) is 0.0819. The van der Waals surface area contributed by atoms with E-state index < -0.39 is 0 Å². The average Bonchev–Trinajstić information content (AvgIpc) is 3.13. The Balaban J connectivity index is 1.83. The number of thiophene rings is 1. The Bertz CT molecular complexity index is 1400. The second-order valence-electron chi connectivity index (χ2n) is 6.58. The Hall–Kier alpha value is -3.57. The van der Waals surface area contributed by atoms with Crippen molar-refractivity contribution >= 4 is 32.3 Å². The lowest BCUT2D eigenvalue weighted by molar-refractivity contribution is 0.482. The topological polar surface area (TPSA) is 73.3 Å². The Morgan fingerprint density at radius 1 is 0.786 bits per heavy atom. The SMILES string of the molecule is O=c1[nH]c2scc(-c3ccc4ccccc4c3O)c2c(O)c1-c1ccccc1. The average molecular weight is 385 g/mol. The number of hydrogen-bond donors (Lipinski definition) is 3. The normalized spacial score (nSPS) is 11.3. The molecule has 2 heterocycles. The Morgan fingerprint density at radius 2 is 1.54 bits per heavy atom. The lowest BCUT2D eigenvalue weighted by Gasteiger charge is -2.10. The Morgan fingerprint density at radius 3 is 2.36 bits per heavy atom. The van der Waals surface area contributed by atoms with Gasteiger partial charge in [-0.3, -0.25) is 4.79 Å². The number of phenolic OH excluding ortho intramolecular Hbond substituents is 1. The van der Waals surface area contributed by atoms with Crippen LogP contribution in [0, 0.1) is 0 Å². The third kappa shape index (κ3) is 2.41. The van der Waals surface area contributed by atoms with Crippen molar-refractivity contribution in [2.45, 2.75) is 0 Å². The van der Waals surface area contributed by atoms with Crippen LogP contribution in [-0.4, -0.2) is 15.2 Å². The van der Waals surface area contributed by atoms with Crippen LogP contribution in [0.5, 0.6) is 11.5 Å². The highest BCUT2D eigenvalue weighted by Crippen LogP contribution is 2.45. The molecule has 4 nitrogen and oxygen atoms in total. The zero-order chi connectivity index (χ0) is 19.3. The summed E-state index contributed by atoms with van der Waals surface area (Å²) < 4.78 is 0. The van der Waals surface area contributed by atoms with Gasteiger partial charge in [0.05, 0.1) is 10.9 Å². The number of rotatable bonds is 2. The largest absolute Gasteiger partial charge is 0.507 e. The molecule has 2 aromatic heterocycles. The monoisotopic (exact) mass is 385 g/mol. The van der Waals surface area contributed by atoms with E-state index in [4.69, 9.17) is 0 Å². The van der Waals surface area contributed by atoms with Crippen LogP contribution in [0.3, 0.4) is 0 Å². The van der Waals surface area contributed by atoms with E-state index in [1.807, 2.05) is 60.0 Å². The van der Waals surface area contributed by atoms with E-state index in [9.17, 15) is 15.0 Å². The van der Waals surface area contributed by atoms with Crippen LogP contribution < -0.4 is 5.56 Å². The fourth-order valence-electron chi connectivity index (χ4n) is 3.63. The minimum atomic E-state index is -0.340. The number of pyridine rings is 1. The van der Waals surface area contributed by atoms with Crippen LogP contribution in [0.15, 0.2) is 76.9 Å². The van der Waals surface area contributed by atoms with Gasteiger partial charge in [0.15, 0.2) is 0 Å². The molecule has 0 aliphatic rings. The standard InChI is InChI=1S/C23H15NO3S/c25-20-15-9-5-4-6-13(15)10-11-16(20)17-12-28-23-19(17)21(26)18(22(27)24-23)14-7-2-1-3-8-14/h1-12,25H,(H2,24,26,27). The summed E-state index contributed by atoms with van der Waals surface area (Å²) >= 11 is 1.33. The van der Waals surface area contributed by atoms with Crippen molar-refractivity contribution in [2.24, 2.45) is 0 Å². The molecule has 5 heteroatoms. The molecule has 0 amide bonds. The number of aromatic nitrogens is 1. The van der Waals surface area contributed by atoms with Crippen molar-refractivity contribution in [2.75, 3.05) is 0 Å². The molecule has 0 aliphatic carbocycles. The smallest absolute Gasteiger partial charge is 0.260 e. The van der Waals surface area contributed by atoms with Gasteiger partial charge in [0.2, 0.25) is 0 Å². The third-order valence-electron chi connectivity index (χ3n) is 4.97. The lowest BCUT2D eigenvalue weighted by atomic mass is 9.97. The lowest BCUT2D eigenvalue weighted by Crippen LogP contribution is -2.08. The molecule has 0 unspecified atom stereocenters. The Kier molecular flexibility index (Phi) is 3.70. The van der Waals surface area contributed by atoms with Crippen molar-refractivity contribution in [1.29, 1.82) is 0 Å². The van der Waals surface area contributed by atoms with E-state index in [1.165, 1.54) is 11.3 Å². The number of phenols is 1. The molecule has 136 valence electrons. The van der Waals surface area contributed by atoms with Crippen LogP contribution in [0.1, 0.15) is 0 Å². The van der Waals surface area contributed by atoms with Crippen LogP contribution in [-0.2, 0) is 0 Å². The predicted octanol–water partition coefficient (Wildman–Crippen LogP) is 5.49. The van der Waals surface area contributed by atoms with Gasteiger partial charge in [0, 0.05) is 21.9 Å². The van der Waals surface area contributed by atoms with Crippen molar-refractivity contribution in [3.05, 3.63) is 82.5 Å². The minimum Gasteiger partial charge on any atom is -0.507 e. The molecule has 0 spiro atoms. The number of aromatic hydroxyl groups is 2. The molecule has 0 saturated carbocycles. The second-order valence-corrected chi connectivity index (χ2v) is 7.46. The number of fused-ring (bicyclic) bond motifs is 2. The van der Waals surface area contributed by atoms with Crippen LogP contribution in [0.2, 0.25) is 0 Å². The van der Waals surface area contributed by atoms with Gasteiger partial charge in [-0.2, -0.15) is 0 Å². The molecule has 0 radical (unpaired) electrons. The fourth-order valence-corrected chi connectivity index (χ4v) is 4.58. The molecule has 0 atom stereocenters. The molecule has 0 aliphatic heterocycles. The highest BCUT2D eigenvalue weighted by atomic mass is 32.1. The van der Waals surface area contributed by atoms with E-state index in [0.717, 1.165) is 10.8 Å². The second kappa shape index (κ2) is 6.25. The molecular formula is C23H15NO3S. The maximum absolute atomic E-state index is 12.6. The predicted molar refractivity (Wildman–Crippen MR) is 114 cm³/mol. The zero-order valence-corrected chi connectivity index (χ0v) is 15.5. The summed E-state index contributed by atoms with van der Waals surface area (Å²) in [5.41, 5.74) is 1.84. The number of H-pyrrole nitrogens is 1. The molecule has 3 N–H and O–H groups in total. The van der Waals surface area contributed by atoms with Gasteiger partial charge in [-0.15, -0.1) is 11.3 Å². The highest BCUT2D eigenvalue weighted by Gasteiger charge is 2.20. The molecule has 3 aromatic carbocycles. The van der Waals surface area contributed by atoms with Crippen LogP contribution in [0.4, 0.5) is 0 Å². The van der Waals surface area contributed by atoms with Crippen molar-refractivity contribution in [3.8, 4) is 33.8 Å². The summed E-state index contributed by atoms with van der Waals surface area (Å²) in [4.78, 5) is 16.0. The maximum atomic E-state index is 12.6. The first-order chi connectivity index (χ1) is 13.6. The molecule has 0 bridgehead atoms. The van der Waals surface area contributed by atoms with Crippen molar-refractivity contribution < 1.29 is 10.2 Å². The van der Waals surface area contributed by atoms with Crippen LogP contribution in [0.25, 0.3) is 43.2 Å². The van der Waals surface area contributed by atoms with E-state index in [0.29, 0.717) is 26.9 Å². The summed E-state index contributed by atoms with van der Waals surface area (Å²) in [6.07, 6.45) is 0. The quantitative estimate of drug-likeness (QED) is 0.376. The fraction of sp³-hybridized carbons (Fsp3) is 0. The number of aromatic amines is 1. The van der Waals surface area contributed by atoms with Gasteiger partial charge in [0.1, 0.15) is 16.3 Å². The Labute approximate surface area is 164 Å². The summed E-state index contributed by atoms with van der Waals surface area (Å²) in [7, 11) is 0. The molecule has 5 aromatic rings. The molecule has 5 rings (SSSR count). The molecule has 0 saturated heterocycles. The first kappa shape index (κ1) is 16.6. The summed E-state index contributed by atoms with van der Waals surface area (Å²) in [5, 5.41) is 25.9. The maximum Gasteiger partial charge on any atom is 0.260 e. The van der Waals surface area contributed by atoms with Gasteiger partial charge >= 0.3 is 0 Å². The van der Waals surface area contributed by atoms with E-state index in [2.05, 4.69) is 4.98 Å². The first-order valence-electron chi connectivity index (χ1n) is 8.78. The summed E-state index contributed by atoms with van der Waals surface area (Å²) in [6.45, 7) is 0. The van der Waals surface area contributed by atoms with Gasteiger partial charge in [-0.05, 0) is 17.0 Å². The molecular weight excluding hydrogens is 370 g/mol. The van der Waals surface area contributed by atoms with Crippen LogP contribution >= 0.6 is 11.3 Å². The van der Waals surface area contributed by atoms with E-state index in [-0.39, 0.29) is 22.6 Å². The van der Waals surface area contributed by atoms with E-state index in [1.54, 1.807) is 12.1 Å². The third-order valence-corrected chi connectivity index (χ3v) is 5.87. The number of benzene rings is 3. The highest BCUT2D eigenvalue weighted by molar-refractivity contribution is 7.17. The van der Waals surface area contributed by atoms with E-state index >= 15 is 0 Å². The van der Waals surface area contributed by atoms with Crippen molar-refractivity contribution in [1.82, 2.24) is 4.98 Å². The first-order valence-corrected chi connectivity index (χ1v) is 9.66. The van der Waals surface area contributed by atoms with Gasteiger partial charge in [-0.25, -0.2) is 0 Å². The molecule has 0 fully saturated rings. The zero-order valence-electron chi connectivity index (χ0n) is 14.6. The number of nitrogens with one attached hydrogen (secondary N) is 1. The van der Waals surface area contributed by atoms with Gasteiger partial charge in [0.25, 0.3) is 5.56 Å². The summed E-state index contributed by atoms with van der Waals surface area (Å²) in [6, 6.07) is 20.4.